The third kappa shape index (κ3) is 4.77. The zero-order valence-corrected chi connectivity index (χ0v) is 14.8. The third-order valence-corrected chi connectivity index (χ3v) is 4.57. The van der Waals surface area contributed by atoms with Gasteiger partial charge in [-0.15, -0.1) is 0 Å². The van der Waals surface area contributed by atoms with E-state index in [4.69, 9.17) is 4.74 Å². The van der Waals surface area contributed by atoms with Crippen molar-refractivity contribution in [3.8, 4) is 0 Å². The molecule has 0 spiro atoms. The van der Waals surface area contributed by atoms with Gasteiger partial charge in [-0.2, -0.15) is 0 Å². The Morgan fingerprint density at radius 3 is 2.15 bits per heavy atom. The number of hydrogen-bond donors (Lipinski definition) is 2. The monoisotopic (exact) mass is 370 g/mol. The molecule has 27 heavy (non-hydrogen) atoms. The van der Waals surface area contributed by atoms with E-state index in [9.17, 15) is 19.8 Å². The SMILES string of the molecule is O=C(O)N1C[C@H](O)[C@@H](N(Cc2ccccc2)C(=O)OCc2ccccc2)C1. The van der Waals surface area contributed by atoms with Crippen LogP contribution in [0.4, 0.5) is 9.59 Å². The van der Waals surface area contributed by atoms with Crippen LogP contribution < -0.4 is 0 Å². The molecule has 2 N–H and O–H groups in total. The number of carboxylic acid groups (broad SMARTS) is 1. The number of benzene rings is 2. The number of ether oxygens (including phenoxy) is 1. The molecular formula is C20H22N2O5. The number of aliphatic hydroxyl groups is 1. The summed E-state index contributed by atoms with van der Waals surface area (Å²) in [5.74, 6) is 0. The summed E-state index contributed by atoms with van der Waals surface area (Å²) in [5.41, 5.74) is 1.72. The normalized spacial score (nSPS) is 18.9. The van der Waals surface area contributed by atoms with Crippen molar-refractivity contribution in [2.24, 2.45) is 0 Å². The summed E-state index contributed by atoms with van der Waals surface area (Å²) in [6, 6.07) is 18.0. The number of carbonyl (C=O) groups is 2. The molecule has 142 valence electrons. The second kappa shape index (κ2) is 8.55. The first-order valence-electron chi connectivity index (χ1n) is 8.72. The van der Waals surface area contributed by atoms with E-state index in [1.165, 1.54) is 4.90 Å². The lowest BCUT2D eigenvalue weighted by atomic mass is 10.1. The van der Waals surface area contributed by atoms with Crippen LogP contribution in [-0.4, -0.2) is 57.4 Å². The van der Waals surface area contributed by atoms with Gasteiger partial charge >= 0.3 is 12.2 Å². The van der Waals surface area contributed by atoms with Gasteiger partial charge in [-0.3, -0.25) is 4.90 Å². The smallest absolute Gasteiger partial charge is 0.410 e. The number of hydrogen-bond acceptors (Lipinski definition) is 4. The Kier molecular flexibility index (Phi) is 5.93. The van der Waals surface area contributed by atoms with E-state index in [2.05, 4.69) is 0 Å². The van der Waals surface area contributed by atoms with E-state index in [1.807, 2.05) is 60.7 Å². The predicted octanol–water partition coefficient (Wildman–Crippen LogP) is 2.55. The molecule has 0 unspecified atom stereocenters. The summed E-state index contributed by atoms with van der Waals surface area (Å²) >= 11 is 0. The summed E-state index contributed by atoms with van der Waals surface area (Å²) in [5, 5.41) is 19.5. The van der Waals surface area contributed by atoms with E-state index in [1.54, 1.807) is 0 Å². The van der Waals surface area contributed by atoms with Crippen molar-refractivity contribution in [1.82, 2.24) is 9.80 Å². The Bertz CT molecular complexity index is 768. The number of nitrogens with zero attached hydrogens (tertiary/aromatic N) is 2. The molecule has 1 heterocycles. The average Bonchev–Trinajstić information content (AvgIpc) is 3.07. The maximum atomic E-state index is 12.8. The van der Waals surface area contributed by atoms with Gasteiger partial charge in [-0.1, -0.05) is 60.7 Å². The van der Waals surface area contributed by atoms with Gasteiger partial charge in [0, 0.05) is 13.1 Å². The largest absolute Gasteiger partial charge is 0.465 e. The molecule has 0 aliphatic carbocycles. The van der Waals surface area contributed by atoms with Crippen LogP contribution in [0.2, 0.25) is 0 Å². The van der Waals surface area contributed by atoms with Crippen LogP contribution in [0.5, 0.6) is 0 Å². The van der Waals surface area contributed by atoms with Gasteiger partial charge in [0.2, 0.25) is 0 Å². The Hall–Kier alpha value is -3.06. The third-order valence-electron chi connectivity index (χ3n) is 4.57. The summed E-state index contributed by atoms with van der Waals surface area (Å²) in [6.45, 7) is 0.348. The number of amides is 2. The zero-order chi connectivity index (χ0) is 19.2. The van der Waals surface area contributed by atoms with Crippen molar-refractivity contribution in [2.45, 2.75) is 25.3 Å². The second-order valence-corrected chi connectivity index (χ2v) is 6.48. The summed E-state index contributed by atoms with van der Waals surface area (Å²) in [7, 11) is 0. The Morgan fingerprint density at radius 1 is 1.00 bits per heavy atom. The first-order valence-corrected chi connectivity index (χ1v) is 8.72. The molecule has 0 radical (unpaired) electrons. The van der Waals surface area contributed by atoms with Gasteiger partial charge in [0.25, 0.3) is 0 Å². The lowest BCUT2D eigenvalue weighted by molar-refractivity contribution is 0.0467. The summed E-state index contributed by atoms with van der Waals surface area (Å²) in [4.78, 5) is 26.5. The fourth-order valence-corrected chi connectivity index (χ4v) is 3.13. The van der Waals surface area contributed by atoms with Crippen molar-refractivity contribution >= 4 is 12.2 Å². The molecule has 1 fully saturated rings. The quantitative estimate of drug-likeness (QED) is 0.844. The molecule has 0 bridgehead atoms. The van der Waals surface area contributed by atoms with Gasteiger partial charge in [0.05, 0.1) is 18.7 Å². The minimum Gasteiger partial charge on any atom is -0.465 e. The molecule has 1 aliphatic rings. The van der Waals surface area contributed by atoms with E-state index < -0.39 is 24.3 Å². The van der Waals surface area contributed by atoms with Crippen molar-refractivity contribution in [1.29, 1.82) is 0 Å². The van der Waals surface area contributed by atoms with Crippen LogP contribution >= 0.6 is 0 Å². The maximum absolute atomic E-state index is 12.8. The Labute approximate surface area is 157 Å². The molecule has 0 saturated carbocycles. The zero-order valence-electron chi connectivity index (χ0n) is 14.8. The maximum Gasteiger partial charge on any atom is 0.410 e. The number of likely N-dealkylation sites (tertiary alicyclic amines) is 1. The molecule has 2 aromatic carbocycles. The van der Waals surface area contributed by atoms with E-state index in [0.29, 0.717) is 0 Å². The molecule has 1 saturated heterocycles. The molecule has 1 aliphatic heterocycles. The first-order chi connectivity index (χ1) is 13.0. The van der Waals surface area contributed by atoms with Gasteiger partial charge in [0.15, 0.2) is 0 Å². The van der Waals surface area contributed by atoms with Crippen LogP contribution in [0.15, 0.2) is 60.7 Å². The minimum absolute atomic E-state index is 0.0305. The number of carbonyl (C=O) groups excluding carboxylic acids is 1. The van der Waals surface area contributed by atoms with Gasteiger partial charge < -0.3 is 19.8 Å². The molecule has 3 rings (SSSR count). The standard InChI is InChI=1S/C20H22N2O5/c23-18-13-21(19(24)25)12-17(18)22(11-15-7-3-1-4-8-15)20(26)27-14-16-9-5-2-6-10-16/h1-10,17-18,23H,11-14H2,(H,24,25)/t17-,18-/m0/s1. The average molecular weight is 370 g/mol. The van der Waals surface area contributed by atoms with Crippen LogP contribution in [0.3, 0.4) is 0 Å². The minimum atomic E-state index is -1.12. The molecule has 7 nitrogen and oxygen atoms in total. The van der Waals surface area contributed by atoms with E-state index >= 15 is 0 Å². The van der Waals surface area contributed by atoms with Crippen LogP contribution in [-0.2, 0) is 17.9 Å². The predicted molar refractivity (Wildman–Crippen MR) is 98.0 cm³/mol. The Balaban J connectivity index is 1.74. The fourth-order valence-electron chi connectivity index (χ4n) is 3.13. The van der Waals surface area contributed by atoms with Crippen LogP contribution in [0, 0.1) is 0 Å². The van der Waals surface area contributed by atoms with Crippen molar-refractivity contribution in [3.05, 3.63) is 71.8 Å². The molecule has 2 aromatic rings. The van der Waals surface area contributed by atoms with E-state index in [-0.39, 0.29) is 26.2 Å². The number of rotatable bonds is 5. The lowest BCUT2D eigenvalue weighted by Gasteiger charge is -2.30. The van der Waals surface area contributed by atoms with Gasteiger partial charge in [0.1, 0.15) is 6.61 Å². The number of aliphatic hydroxyl groups excluding tert-OH is 1. The van der Waals surface area contributed by atoms with Crippen molar-refractivity contribution in [2.75, 3.05) is 13.1 Å². The topological polar surface area (TPSA) is 90.3 Å². The fraction of sp³-hybridized carbons (Fsp3) is 0.300. The molecule has 0 aromatic heterocycles. The lowest BCUT2D eigenvalue weighted by Crippen LogP contribution is -2.46. The van der Waals surface area contributed by atoms with Crippen molar-refractivity contribution < 1.29 is 24.5 Å². The highest BCUT2D eigenvalue weighted by Crippen LogP contribution is 2.20. The van der Waals surface area contributed by atoms with Gasteiger partial charge in [-0.05, 0) is 11.1 Å². The van der Waals surface area contributed by atoms with Crippen LogP contribution in [0.25, 0.3) is 0 Å². The second-order valence-electron chi connectivity index (χ2n) is 6.48. The van der Waals surface area contributed by atoms with Gasteiger partial charge in [-0.25, -0.2) is 9.59 Å². The highest BCUT2D eigenvalue weighted by molar-refractivity contribution is 5.69. The molecule has 7 heteroatoms. The van der Waals surface area contributed by atoms with E-state index in [0.717, 1.165) is 16.0 Å². The Morgan fingerprint density at radius 2 is 1.59 bits per heavy atom. The molecule has 2 amide bonds. The van der Waals surface area contributed by atoms with Crippen molar-refractivity contribution in [3.63, 3.8) is 0 Å². The van der Waals surface area contributed by atoms with Crippen LogP contribution in [0.1, 0.15) is 11.1 Å². The first kappa shape index (κ1) is 18.7. The summed E-state index contributed by atoms with van der Waals surface area (Å²) < 4.78 is 5.43. The molecule has 2 atom stereocenters. The summed E-state index contributed by atoms with van der Waals surface area (Å²) in [6.07, 6.45) is -2.66. The number of β-amino-alcohol motifs (C(OH)–C–C–N with tert-alkyl or cyclic N) is 1. The molecular weight excluding hydrogens is 348 g/mol. The highest BCUT2D eigenvalue weighted by atomic mass is 16.6. The highest BCUT2D eigenvalue weighted by Gasteiger charge is 2.40.